The minimum Gasteiger partial charge on any atom is -0.460 e. The van der Waals surface area contributed by atoms with Crippen molar-refractivity contribution < 1.29 is 27.9 Å². The molecule has 0 saturated heterocycles. The first kappa shape index (κ1) is 29.0. The number of hydrogen-bond acceptors (Lipinski definition) is 10. The summed E-state index contributed by atoms with van der Waals surface area (Å²) in [7, 11) is -2.62. The molecule has 0 spiro atoms. The van der Waals surface area contributed by atoms with Gasteiger partial charge >= 0.3 is 13.7 Å². The Bertz CT molecular complexity index is 1790. The van der Waals surface area contributed by atoms with Crippen molar-refractivity contribution in [2.75, 3.05) is 32.5 Å². The van der Waals surface area contributed by atoms with Crippen LogP contribution in [0.5, 0.6) is 5.75 Å². The number of nitrogen functional groups attached to an aromatic ring is 1. The molecular weight excluding hydrogens is 563 g/mol. The number of H-pyrrole nitrogens is 1. The van der Waals surface area contributed by atoms with Gasteiger partial charge in [-0.2, -0.15) is 9.65 Å². The minimum atomic E-state index is -4.08. The Morgan fingerprint density at radius 2 is 1.81 bits per heavy atom. The Hall–Kier alpha value is -4.55. The monoisotopic (exact) mass is 592 g/mol. The van der Waals surface area contributed by atoms with E-state index in [0.29, 0.717) is 5.75 Å². The first-order valence-electron chi connectivity index (χ1n) is 12.9. The SMILES string of the molecule is CN(CC(=O)OCc1ccccc1)P(=O)(OCCOCn1cnc2c(=O)[nH]c(N)nc21)Oc1cccc2ccccc12. The molecule has 0 amide bonds. The molecular formula is C28H29N6O7P. The van der Waals surface area contributed by atoms with Crippen LogP contribution in [0, 0.1) is 0 Å². The van der Waals surface area contributed by atoms with Gasteiger partial charge < -0.3 is 19.7 Å². The Balaban J connectivity index is 1.25. The predicted molar refractivity (Wildman–Crippen MR) is 156 cm³/mol. The van der Waals surface area contributed by atoms with E-state index in [0.717, 1.165) is 16.3 Å². The Morgan fingerprint density at radius 1 is 1.05 bits per heavy atom. The number of nitrogens with one attached hydrogen (secondary N) is 1. The van der Waals surface area contributed by atoms with Gasteiger partial charge in [0.1, 0.15) is 25.6 Å². The molecule has 0 aliphatic rings. The molecule has 5 rings (SSSR count). The maximum atomic E-state index is 14.1. The van der Waals surface area contributed by atoms with E-state index in [-0.39, 0.29) is 50.2 Å². The van der Waals surface area contributed by atoms with E-state index in [2.05, 4.69) is 15.0 Å². The van der Waals surface area contributed by atoms with E-state index in [9.17, 15) is 14.2 Å². The number of fused-ring (bicyclic) bond motifs is 2. The molecule has 0 aliphatic heterocycles. The molecule has 1 unspecified atom stereocenters. The molecule has 3 aromatic carbocycles. The van der Waals surface area contributed by atoms with E-state index in [4.69, 9.17) is 24.3 Å². The summed E-state index contributed by atoms with van der Waals surface area (Å²) in [6.07, 6.45) is 1.40. The second-order valence-corrected chi connectivity index (χ2v) is 11.3. The minimum absolute atomic E-state index is 0.00642. The van der Waals surface area contributed by atoms with E-state index in [1.807, 2.05) is 60.7 Å². The lowest BCUT2D eigenvalue weighted by molar-refractivity contribution is -0.145. The average Bonchev–Trinajstić information content (AvgIpc) is 3.39. The largest absolute Gasteiger partial charge is 0.461 e. The lowest BCUT2D eigenvalue weighted by Crippen LogP contribution is -2.28. The number of esters is 1. The summed E-state index contributed by atoms with van der Waals surface area (Å²) in [6, 6.07) is 22.1. The molecule has 5 aromatic rings. The highest BCUT2D eigenvalue weighted by atomic mass is 31.2. The highest BCUT2D eigenvalue weighted by molar-refractivity contribution is 7.51. The van der Waals surface area contributed by atoms with Crippen molar-refractivity contribution in [1.29, 1.82) is 0 Å². The van der Waals surface area contributed by atoms with Crippen LogP contribution in [-0.2, 0) is 36.7 Å². The zero-order valence-electron chi connectivity index (χ0n) is 22.7. The number of carbonyl (C=O) groups excluding carboxylic acids is 1. The average molecular weight is 593 g/mol. The van der Waals surface area contributed by atoms with Crippen molar-refractivity contribution in [2.24, 2.45) is 0 Å². The fraction of sp³-hybridized carbons (Fsp3) is 0.214. The molecule has 3 N–H and O–H groups in total. The van der Waals surface area contributed by atoms with Crippen LogP contribution in [0.3, 0.4) is 0 Å². The third-order valence-corrected chi connectivity index (χ3v) is 8.10. The number of aromatic nitrogens is 4. The van der Waals surface area contributed by atoms with Crippen LogP contribution in [0.25, 0.3) is 21.9 Å². The van der Waals surface area contributed by atoms with Crippen molar-refractivity contribution in [2.45, 2.75) is 13.3 Å². The highest BCUT2D eigenvalue weighted by Crippen LogP contribution is 2.52. The van der Waals surface area contributed by atoms with Gasteiger partial charge in [-0.05, 0) is 24.1 Å². The molecule has 0 saturated carbocycles. The van der Waals surface area contributed by atoms with Crippen LogP contribution in [0.1, 0.15) is 5.56 Å². The number of carbonyl (C=O) groups is 1. The second-order valence-electron chi connectivity index (χ2n) is 9.21. The molecule has 2 heterocycles. The van der Waals surface area contributed by atoms with Gasteiger partial charge in [-0.3, -0.25) is 23.7 Å². The molecule has 0 bridgehead atoms. The van der Waals surface area contributed by atoms with E-state index >= 15 is 0 Å². The fourth-order valence-electron chi connectivity index (χ4n) is 4.09. The van der Waals surface area contributed by atoms with Crippen molar-refractivity contribution in [3.8, 4) is 5.75 Å². The fourth-order valence-corrected chi connectivity index (χ4v) is 5.48. The molecule has 0 fully saturated rings. The highest BCUT2D eigenvalue weighted by Gasteiger charge is 2.35. The number of aromatic amines is 1. The zero-order chi connectivity index (χ0) is 29.5. The summed E-state index contributed by atoms with van der Waals surface area (Å²) in [4.78, 5) is 35.1. The number of nitrogens with zero attached hydrogens (tertiary/aromatic N) is 4. The number of nitrogens with two attached hydrogens (primary N) is 1. The summed E-state index contributed by atoms with van der Waals surface area (Å²) >= 11 is 0. The van der Waals surface area contributed by atoms with Gasteiger partial charge in [-0.1, -0.05) is 66.7 Å². The second kappa shape index (κ2) is 13.0. The predicted octanol–water partition coefficient (Wildman–Crippen LogP) is 3.71. The summed E-state index contributed by atoms with van der Waals surface area (Å²) in [5.74, 6) is -0.313. The van der Waals surface area contributed by atoms with Gasteiger partial charge in [0.2, 0.25) is 5.95 Å². The Labute approximate surface area is 240 Å². The lowest BCUT2D eigenvalue weighted by atomic mass is 10.1. The van der Waals surface area contributed by atoms with Gasteiger partial charge in [-0.25, -0.2) is 9.55 Å². The maximum Gasteiger partial charge on any atom is 0.461 e. The zero-order valence-corrected chi connectivity index (χ0v) is 23.6. The third-order valence-electron chi connectivity index (χ3n) is 6.19. The van der Waals surface area contributed by atoms with Gasteiger partial charge in [0, 0.05) is 5.39 Å². The summed E-state index contributed by atoms with van der Waals surface area (Å²) < 4.78 is 39.6. The van der Waals surface area contributed by atoms with E-state index < -0.39 is 19.3 Å². The number of hydrogen-bond donors (Lipinski definition) is 2. The van der Waals surface area contributed by atoms with Crippen molar-refractivity contribution in [3.63, 3.8) is 0 Å². The number of benzene rings is 3. The summed E-state index contributed by atoms with van der Waals surface area (Å²) in [6.45, 7) is -0.446. The third kappa shape index (κ3) is 6.84. The molecule has 0 radical (unpaired) electrons. The van der Waals surface area contributed by atoms with Gasteiger partial charge in [0.15, 0.2) is 11.2 Å². The number of imidazole rings is 1. The summed E-state index contributed by atoms with van der Waals surface area (Å²) in [5, 5.41) is 1.62. The van der Waals surface area contributed by atoms with Crippen LogP contribution < -0.4 is 15.8 Å². The topological polar surface area (TPSA) is 164 Å². The first-order chi connectivity index (χ1) is 20.3. The van der Waals surface area contributed by atoms with E-state index in [1.54, 1.807) is 12.1 Å². The molecule has 42 heavy (non-hydrogen) atoms. The van der Waals surface area contributed by atoms with Crippen LogP contribution in [0.15, 0.2) is 83.9 Å². The van der Waals surface area contributed by atoms with E-state index in [1.165, 1.54) is 22.6 Å². The summed E-state index contributed by atoms with van der Waals surface area (Å²) in [5.41, 5.74) is 6.38. The standard InChI is InChI=1S/C28H29N6O7P/c1-33(16-24(35)39-17-20-8-3-2-4-9-20)42(37,41-23-13-7-11-21-10-5-6-12-22(21)23)40-15-14-38-19-34-18-30-25-26(34)31-28(29)32-27(25)36/h2-13,18H,14-17,19H2,1H3,(H3,29,31,32,36). The van der Waals surface area contributed by atoms with Crippen LogP contribution in [0.2, 0.25) is 0 Å². The number of ether oxygens (including phenoxy) is 2. The van der Waals surface area contributed by atoms with Gasteiger partial charge in [0.25, 0.3) is 5.56 Å². The molecule has 13 nitrogen and oxygen atoms in total. The molecule has 14 heteroatoms. The van der Waals surface area contributed by atoms with Gasteiger partial charge in [0.05, 0.1) is 19.5 Å². The van der Waals surface area contributed by atoms with Crippen LogP contribution in [0.4, 0.5) is 5.95 Å². The molecule has 0 aliphatic carbocycles. The van der Waals surface area contributed by atoms with Crippen molar-refractivity contribution in [1.82, 2.24) is 24.2 Å². The van der Waals surface area contributed by atoms with Crippen molar-refractivity contribution in [3.05, 3.63) is 95.0 Å². The number of anilines is 1. The quantitative estimate of drug-likeness (QED) is 0.116. The smallest absolute Gasteiger partial charge is 0.460 e. The molecule has 218 valence electrons. The first-order valence-corrected chi connectivity index (χ1v) is 14.4. The lowest BCUT2D eigenvalue weighted by Gasteiger charge is -2.27. The molecule has 1 atom stereocenters. The van der Waals surface area contributed by atoms with Gasteiger partial charge in [-0.15, -0.1) is 0 Å². The maximum absolute atomic E-state index is 14.1. The molecule has 2 aromatic heterocycles. The number of rotatable bonds is 13. The normalized spacial score (nSPS) is 12.9. The van der Waals surface area contributed by atoms with Crippen LogP contribution >= 0.6 is 7.75 Å². The Morgan fingerprint density at radius 3 is 2.64 bits per heavy atom. The van der Waals surface area contributed by atoms with Crippen molar-refractivity contribution >= 4 is 41.6 Å². The number of likely N-dealkylation sites (N-methyl/N-ethyl adjacent to an activating group) is 1. The van der Waals surface area contributed by atoms with Crippen LogP contribution in [-0.4, -0.2) is 57.0 Å². The Kier molecular flexibility index (Phi) is 8.94.